The van der Waals surface area contributed by atoms with Crippen LogP contribution in [0, 0.1) is 11.3 Å². The highest BCUT2D eigenvalue weighted by molar-refractivity contribution is 5.66. The molecule has 2 rings (SSSR count). The van der Waals surface area contributed by atoms with Crippen molar-refractivity contribution >= 4 is 5.97 Å². The summed E-state index contributed by atoms with van der Waals surface area (Å²) >= 11 is 0. The Balaban J connectivity index is 1.93. The summed E-state index contributed by atoms with van der Waals surface area (Å²) in [5.41, 5.74) is 0.299. The quantitative estimate of drug-likeness (QED) is 0.750. The molecule has 0 unspecified atom stereocenters. The van der Waals surface area contributed by atoms with Gasteiger partial charge in [-0.3, -0.25) is 4.79 Å². The summed E-state index contributed by atoms with van der Waals surface area (Å²) < 4.78 is 0. The lowest BCUT2D eigenvalue weighted by Crippen LogP contribution is -2.29. The lowest BCUT2D eigenvalue weighted by Gasteiger charge is -2.28. The second-order valence-corrected chi connectivity index (χ2v) is 5.33. The molecule has 2 N–H and O–H groups in total. The van der Waals surface area contributed by atoms with Crippen molar-refractivity contribution in [2.75, 3.05) is 26.2 Å². The third-order valence-electron chi connectivity index (χ3n) is 4.34. The lowest BCUT2D eigenvalue weighted by molar-refractivity contribution is -0.137. The Labute approximate surface area is 96.3 Å². The summed E-state index contributed by atoms with van der Waals surface area (Å²) in [4.78, 5) is 12.8. The van der Waals surface area contributed by atoms with E-state index in [1.165, 1.54) is 25.7 Å². The molecule has 1 heterocycles. The van der Waals surface area contributed by atoms with Crippen LogP contribution in [-0.2, 0) is 4.79 Å². The highest BCUT2D eigenvalue weighted by atomic mass is 16.4. The molecule has 16 heavy (non-hydrogen) atoms. The molecule has 1 aliphatic heterocycles. The summed E-state index contributed by atoms with van der Waals surface area (Å²) in [5.74, 6) is -0.364. The number of carbonyl (C=O) groups is 1. The number of rotatable bonds is 4. The Morgan fingerprint density at radius 1 is 1.38 bits per heavy atom. The van der Waals surface area contributed by atoms with E-state index in [4.69, 9.17) is 5.11 Å². The number of carboxylic acid groups (broad SMARTS) is 1. The van der Waals surface area contributed by atoms with Crippen LogP contribution >= 0.6 is 0 Å². The monoisotopic (exact) mass is 227 g/mol. The number of aliphatic carboxylic acids is 1. The molecule has 0 amide bonds. The van der Waals surface area contributed by atoms with Crippen molar-refractivity contribution in [1.29, 1.82) is 0 Å². The molecule has 4 nitrogen and oxygen atoms in total. The SMILES string of the molecule is O=C(O)CCN1C[C@@H](CO)C2(CCCC2)C1. The van der Waals surface area contributed by atoms with Crippen molar-refractivity contribution in [3.63, 3.8) is 0 Å². The van der Waals surface area contributed by atoms with Gasteiger partial charge in [-0.1, -0.05) is 12.8 Å². The molecular formula is C12H21NO3. The number of hydrogen-bond donors (Lipinski definition) is 2. The van der Waals surface area contributed by atoms with Gasteiger partial charge in [0.2, 0.25) is 0 Å². The Bertz CT molecular complexity index is 261. The van der Waals surface area contributed by atoms with Gasteiger partial charge in [0.25, 0.3) is 0 Å². The average Bonchev–Trinajstić information content (AvgIpc) is 2.84. The van der Waals surface area contributed by atoms with Gasteiger partial charge < -0.3 is 15.1 Å². The summed E-state index contributed by atoms with van der Waals surface area (Å²) in [7, 11) is 0. The Morgan fingerprint density at radius 2 is 2.06 bits per heavy atom. The highest BCUT2D eigenvalue weighted by Crippen LogP contribution is 2.48. The van der Waals surface area contributed by atoms with Crippen LogP contribution in [0.5, 0.6) is 0 Å². The maximum atomic E-state index is 10.5. The van der Waals surface area contributed by atoms with Gasteiger partial charge >= 0.3 is 5.97 Å². The number of carboxylic acids is 1. The van der Waals surface area contributed by atoms with Gasteiger partial charge in [0.05, 0.1) is 6.42 Å². The van der Waals surface area contributed by atoms with E-state index in [1.54, 1.807) is 0 Å². The lowest BCUT2D eigenvalue weighted by atomic mass is 9.77. The molecule has 2 fully saturated rings. The zero-order valence-electron chi connectivity index (χ0n) is 9.69. The number of likely N-dealkylation sites (tertiary alicyclic amines) is 1. The first-order chi connectivity index (χ1) is 7.66. The second-order valence-electron chi connectivity index (χ2n) is 5.33. The van der Waals surface area contributed by atoms with Crippen molar-refractivity contribution in [2.45, 2.75) is 32.1 Å². The smallest absolute Gasteiger partial charge is 0.304 e. The van der Waals surface area contributed by atoms with E-state index >= 15 is 0 Å². The summed E-state index contributed by atoms with van der Waals surface area (Å²) in [5, 5.41) is 18.1. The van der Waals surface area contributed by atoms with Crippen LogP contribution < -0.4 is 0 Å². The maximum Gasteiger partial charge on any atom is 0.304 e. The van der Waals surface area contributed by atoms with Crippen LogP contribution in [0.1, 0.15) is 32.1 Å². The van der Waals surface area contributed by atoms with Crippen molar-refractivity contribution in [2.24, 2.45) is 11.3 Å². The third-order valence-corrected chi connectivity index (χ3v) is 4.34. The number of nitrogens with zero attached hydrogens (tertiary/aromatic N) is 1. The summed E-state index contributed by atoms with van der Waals surface area (Å²) in [6, 6.07) is 0. The molecule has 0 aromatic heterocycles. The van der Waals surface area contributed by atoms with Gasteiger partial charge in [-0.25, -0.2) is 0 Å². The molecule has 1 saturated carbocycles. The molecule has 0 radical (unpaired) electrons. The molecule has 1 atom stereocenters. The van der Waals surface area contributed by atoms with E-state index in [2.05, 4.69) is 4.90 Å². The molecular weight excluding hydrogens is 206 g/mol. The molecule has 4 heteroatoms. The Kier molecular flexibility index (Phi) is 3.50. The van der Waals surface area contributed by atoms with Crippen LogP contribution in [0.25, 0.3) is 0 Å². The zero-order valence-corrected chi connectivity index (χ0v) is 9.69. The normalized spacial score (nSPS) is 28.9. The zero-order chi connectivity index (χ0) is 11.6. The van der Waals surface area contributed by atoms with Crippen LogP contribution in [0.3, 0.4) is 0 Å². The minimum absolute atomic E-state index is 0.216. The van der Waals surface area contributed by atoms with Gasteiger partial charge in [-0.05, 0) is 18.3 Å². The highest BCUT2D eigenvalue weighted by Gasteiger charge is 2.47. The number of aliphatic hydroxyl groups is 1. The fourth-order valence-electron chi connectivity index (χ4n) is 3.47. The summed E-state index contributed by atoms with van der Waals surface area (Å²) in [6.07, 6.45) is 5.17. The molecule has 2 aliphatic rings. The third kappa shape index (κ3) is 2.23. The van der Waals surface area contributed by atoms with E-state index < -0.39 is 5.97 Å². The van der Waals surface area contributed by atoms with E-state index in [0.717, 1.165) is 13.1 Å². The van der Waals surface area contributed by atoms with Crippen molar-refractivity contribution in [1.82, 2.24) is 4.90 Å². The van der Waals surface area contributed by atoms with Crippen LogP contribution in [-0.4, -0.2) is 47.3 Å². The van der Waals surface area contributed by atoms with Crippen LogP contribution in [0.4, 0.5) is 0 Å². The van der Waals surface area contributed by atoms with Gasteiger partial charge in [0, 0.05) is 32.2 Å². The van der Waals surface area contributed by atoms with E-state index in [9.17, 15) is 9.90 Å². The van der Waals surface area contributed by atoms with Gasteiger partial charge in [-0.15, -0.1) is 0 Å². The molecule has 0 aromatic carbocycles. The van der Waals surface area contributed by atoms with Crippen molar-refractivity contribution < 1.29 is 15.0 Å². The fourth-order valence-corrected chi connectivity index (χ4v) is 3.47. The van der Waals surface area contributed by atoms with Crippen molar-refractivity contribution in [3.05, 3.63) is 0 Å². The summed E-state index contributed by atoms with van der Waals surface area (Å²) in [6.45, 7) is 2.76. The van der Waals surface area contributed by atoms with Gasteiger partial charge in [0.1, 0.15) is 0 Å². The molecule has 0 bridgehead atoms. The van der Waals surface area contributed by atoms with Crippen molar-refractivity contribution in [3.8, 4) is 0 Å². The largest absolute Gasteiger partial charge is 0.481 e. The number of hydrogen-bond acceptors (Lipinski definition) is 3. The fraction of sp³-hybridized carbons (Fsp3) is 0.917. The predicted molar refractivity (Wildman–Crippen MR) is 60.2 cm³/mol. The first kappa shape index (κ1) is 11.9. The van der Waals surface area contributed by atoms with E-state index in [-0.39, 0.29) is 13.0 Å². The average molecular weight is 227 g/mol. The minimum Gasteiger partial charge on any atom is -0.481 e. The predicted octanol–water partition coefficient (Wildman–Crippen LogP) is 0.946. The Morgan fingerprint density at radius 3 is 2.62 bits per heavy atom. The molecule has 1 saturated heterocycles. The standard InChI is InChI=1S/C12H21NO3/c14-8-10-7-13(6-3-11(15)16)9-12(10)4-1-2-5-12/h10,14H,1-9H2,(H,15,16)/t10-/m0/s1. The molecule has 1 spiro atoms. The van der Waals surface area contributed by atoms with Gasteiger partial charge in [-0.2, -0.15) is 0 Å². The molecule has 92 valence electrons. The Hall–Kier alpha value is -0.610. The van der Waals surface area contributed by atoms with Gasteiger partial charge in [0.15, 0.2) is 0 Å². The van der Waals surface area contributed by atoms with Crippen LogP contribution in [0.2, 0.25) is 0 Å². The minimum atomic E-state index is -0.729. The topological polar surface area (TPSA) is 60.8 Å². The van der Waals surface area contributed by atoms with E-state index in [0.29, 0.717) is 17.9 Å². The van der Waals surface area contributed by atoms with E-state index in [1.807, 2.05) is 0 Å². The molecule has 0 aromatic rings. The maximum absolute atomic E-state index is 10.5. The first-order valence-corrected chi connectivity index (χ1v) is 6.21. The number of aliphatic hydroxyl groups excluding tert-OH is 1. The molecule has 1 aliphatic carbocycles. The first-order valence-electron chi connectivity index (χ1n) is 6.21. The van der Waals surface area contributed by atoms with Crippen LogP contribution in [0.15, 0.2) is 0 Å². The second kappa shape index (κ2) is 4.72.